The molecule has 1 amide bonds. The lowest BCUT2D eigenvalue weighted by Gasteiger charge is -2.36. The Morgan fingerprint density at radius 1 is 1.18 bits per heavy atom. The molecule has 1 aliphatic carbocycles. The van der Waals surface area contributed by atoms with Crippen LogP contribution in [0.4, 0.5) is 0 Å². The predicted molar refractivity (Wildman–Crippen MR) is 90.1 cm³/mol. The molecule has 3 aliphatic rings. The Bertz CT molecular complexity index is 635. The van der Waals surface area contributed by atoms with Gasteiger partial charge in [0.05, 0.1) is 12.5 Å². The molecule has 4 nitrogen and oxygen atoms in total. The highest BCUT2D eigenvalue weighted by Gasteiger charge is 2.37. The van der Waals surface area contributed by atoms with Crippen molar-refractivity contribution in [3.05, 3.63) is 41.6 Å². The molecule has 4 rings (SSSR count). The largest absolute Gasteiger partial charge is 0.279 e. The van der Waals surface area contributed by atoms with E-state index in [9.17, 15) is 4.79 Å². The number of thioether (sulfide) groups is 1. The zero-order valence-electron chi connectivity index (χ0n) is 12.4. The van der Waals surface area contributed by atoms with Crippen molar-refractivity contribution in [3.8, 4) is 0 Å². The van der Waals surface area contributed by atoms with Crippen LogP contribution in [0.25, 0.3) is 6.08 Å². The average molecular weight is 313 g/mol. The normalized spacial score (nSPS) is 24.9. The molecule has 1 saturated heterocycles. The molecular formula is C17H19N3OS. The number of aliphatic imine (C=N–C) groups is 1. The van der Waals surface area contributed by atoms with Crippen LogP contribution >= 0.6 is 11.8 Å². The van der Waals surface area contributed by atoms with E-state index in [4.69, 9.17) is 0 Å². The lowest BCUT2D eigenvalue weighted by Crippen LogP contribution is -2.49. The van der Waals surface area contributed by atoms with Crippen LogP contribution in [-0.2, 0) is 4.79 Å². The molecule has 114 valence electrons. The standard InChI is InChI=1S/C17H19N3OS/c21-16-15(10-13-6-2-1-3-7-13)18-17-20(16)11-19(12-22-17)14-8-4-5-9-14/h1-3,6-7,10,14H,4-5,8-9,11-12H2. The van der Waals surface area contributed by atoms with Crippen molar-refractivity contribution in [1.29, 1.82) is 0 Å². The summed E-state index contributed by atoms with van der Waals surface area (Å²) in [6.45, 7) is 0.696. The number of amides is 1. The minimum Gasteiger partial charge on any atom is -0.273 e. The number of hydrogen-bond acceptors (Lipinski definition) is 4. The SMILES string of the molecule is O=C1C(=Cc2ccccc2)N=C2SCN(C3CCCC3)CN12. The lowest BCUT2D eigenvalue weighted by atomic mass is 10.2. The van der Waals surface area contributed by atoms with E-state index in [1.54, 1.807) is 11.8 Å². The van der Waals surface area contributed by atoms with Gasteiger partial charge in [0.2, 0.25) is 0 Å². The van der Waals surface area contributed by atoms with E-state index in [0.29, 0.717) is 18.4 Å². The molecule has 2 aliphatic heterocycles. The van der Waals surface area contributed by atoms with Gasteiger partial charge in [-0.15, -0.1) is 0 Å². The molecule has 0 N–H and O–H groups in total. The molecule has 22 heavy (non-hydrogen) atoms. The summed E-state index contributed by atoms with van der Waals surface area (Å²) in [4.78, 5) is 21.4. The van der Waals surface area contributed by atoms with Crippen LogP contribution in [0.2, 0.25) is 0 Å². The third-order valence-corrected chi connectivity index (χ3v) is 5.57. The fourth-order valence-electron chi connectivity index (χ4n) is 3.33. The number of hydrogen-bond donors (Lipinski definition) is 0. The maximum Gasteiger partial charge on any atom is 0.279 e. The van der Waals surface area contributed by atoms with Gasteiger partial charge < -0.3 is 0 Å². The molecule has 0 bridgehead atoms. The summed E-state index contributed by atoms with van der Waals surface area (Å²) in [6, 6.07) is 10.6. The maximum absolute atomic E-state index is 12.6. The highest BCUT2D eigenvalue weighted by atomic mass is 32.2. The van der Waals surface area contributed by atoms with Gasteiger partial charge in [0.1, 0.15) is 5.70 Å². The summed E-state index contributed by atoms with van der Waals surface area (Å²) in [5.41, 5.74) is 1.58. The number of carbonyl (C=O) groups excluding carboxylic acids is 1. The highest BCUT2D eigenvalue weighted by Crippen LogP contribution is 2.32. The second-order valence-electron chi connectivity index (χ2n) is 6.01. The Hall–Kier alpha value is -1.59. The monoisotopic (exact) mass is 313 g/mol. The van der Waals surface area contributed by atoms with Gasteiger partial charge in [-0.05, 0) is 24.5 Å². The summed E-state index contributed by atoms with van der Waals surface area (Å²) in [7, 11) is 0. The van der Waals surface area contributed by atoms with Crippen LogP contribution in [0.5, 0.6) is 0 Å². The second kappa shape index (κ2) is 5.89. The molecule has 2 fully saturated rings. The van der Waals surface area contributed by atoms with E-state index < -0.39 is 0 Å². The number of rotatable bonds is 2. The summed E-state index contributed by atoms with van der Waals surface area (Å²) in [6.07, 6.45) is 7.05. The summed E-state index contributed by atoms with van der Waals surface area (Å²) >= 11 is 1.69. The van der Waals surface area contributed by atoms with E-state index in [1.165, 1.54) is 25.7 Å². The first-order valence-electron chi connectivity index (χ1n) is 7.85. The topological polar surface area (TPSA) is 35.9 Å². The van der Waals surface area contributed by atoms with Gasteiger partial charge >= 0.3 is 0 Å². The van der Waals surface area contributed by atoms with E-state index in [0.717, 1.165) is 16.6 Å². The highest BCUT2D eigenvalue weighted by molar-refractivity contribution is 8.13. The van der Waals surface area contributed by atoms with Crippen molar-refractivity contribution < 1.29 is 4.79 Å². The van der Waals surface area contributed by atoms with Gasteiger partial charge in [-0.3, -0.25) is 14.6 Å². The molecule has 0 aromatic heterocycles. The molecule has 0 atom stereocenters. The second-order valence-corrected chi connectivity index (χ2v) is 6.92. The van der Waals surface area contributed by atoms with Gasteiger partial charge in [-0.1, -0.05) is 54.9 Å². The fourth-order valence-corrected chi connectivity index (χ4v) is 4.36. The fraction of sp³-hybridized carbons (Fsp3) is 0.412. The zero-order valence-corrected chi connectivity index (χ0v) is 13.3. The predicted octanol–water partition coefficient (Wildman–Crippen LogP) is 3.13. The first kappa shape index (κ1) is 14.0. The van der Waals surface area contributed by atoms with Crippen LogP contribution in [0.1, 0.15) is 31.2 Å². The first-order chi connectivity index (χ1) is 10.8. The van der Waals surface area contributed by atoms with Crippen LogP contribution in [0.15, 0.2) is 41.0 Å². The van der Waals surface area contributed by atoms with E-state index in [-0.39, 0.29) is 5.91 Å². The summed E-state index contributed by atoms with van der Waals surface area (Å²) < 4.78 is 0. The number of fused-ring (bicyclic) bond motifs is 1. The van der Waals surface area contributed by atoms with E-state index >= 15 is 0 Å². The van der Waals surface area contributed by atoms with Crippen LogP contribution in [0.3, 0.4) is 0 Å². The van der Waals surface area contributed by atoms with Crippen molar-refractivity contribution in [3.63, 3.8) is 0 Å². The van der Waals surface area contributed by atoms with E-state index in [1.807, 2.05) is 41.3 Å². The number of nitrogens with zero attached hydrogens (tertiary/aromatic N) is 3. The molecule has 0 radical (unpaired) electrons. The van der Waals surface area contributed by atoms with Crippen molar-refractivity contribution in [2.45, 2.75) is 31.7 Å². The molecule has 0 unspecified atom stereocenters. The number of benzene rings is 1. The summed E-state index contributed by atoms with van der Waals surface area (Å²) in [5.74, 6) is 0.986. The van der Waals surface area contributed by atoms with Gasteiger partial charge in [0.15, 0.2) is 5.17 Å². The average Bonchev–Trinajstić information content (AvgIpc) is 3.18. The first-order valence-corrected chi connectivity index (χ1v) is 8.84. The molecule has 2 heterocycles. The van der Waals surface area contributed by atoms with Crippen molar-refractivity contribution in [2.75, 3.05) is 12.5 Å². The molecular weight excluding hydrogens is 294 g/mol. The Morgan fingerprint density at radius 3 is 2.73 bits per heavy atom. The molecule has 1 aromatic rings. The van der Waals surface area contributed by atoms with Crippen molar-refractivity contribution in [2.24, 2.45) is 4.99 Å². The van der Waals surface area contributed by atoms with Gasteiger partial charge in [0.25, 0.3) is 5.91 Å². The lowest BCUT2D eigenvalue weighted by molar-refractivity contribution is -0.124. The van der Waals surface area contributed by atoms with Crippen LogP contribution in [0, 0.1) is 0 Å². The minimum absolute atomic E-state index is 0.0362. The zero-order chi connectivity index (χ0) is 14.9. The Morgan fingerprint density at radius 2 is 1.95 bits per heavy atom. The number of carbonyl (C=O) groups is 1. The van der Waals surface area contributed by atoms with Gasteiger partial charge in [-0.25, -0.2) is 4.99 Å². The quantitative estimate of drug-likeness (QED) is 0.787. The van der Waals surface area contributed by atoms with Crippen LogP contribution < -0.4 is 0 Å². The van der Waals surface area contributed by atoms with Gasteiger partial charge in [-0.2, -0.15) is 0 Å². The summed E-state index contributed by atoms with van der Waals surface area (Å²) in [5, 5.41) is 0.862. The van der Waals surface area contributed by atoms with Crippen LogP contribution in [-0.4, -0.2) is 39.5 Å². The third-order valence-electron chi connectivity index (χ3n) is 4.54. The smallest absolute Gasteiger partial charge is 0.273 e. The number of amidine groups is 1. The molecule has 5 heteroatoms. The van der Waals surface area contributed by atoms with Gasteiger partial charge in [0, 0.05) is 6.04 Å². The van der Waals surface area contributed by atoms with Crippen molar-refractivity contribution >= 4 is 28.9 Å². The molecule has 0 spiro atoms. The minimum atomic E-state index is 0.0362. The van der Waals surface area contributed by atoms with Crippen molar-refractivity contribution in [1.82, 2.24) is 9.80 Å². The Kier molecular flexibility index (Phi) is 3.76. The molecule has 1 aromatic carbocycles. The van der Waals surface area contributed by atoms with E-state index in [2.05, 4.69) is 9.89 Å². The Labute approximate surface area is 134 Å². The maximum atomic E-state index is 12.6. The Balaban J connectivity index is 1.53. The molecule has 1 saturated carbocycles. The third kappa shape index (κ3) is 2.59.